The maximum Gasteiger partial charge on any atom is 0.293 e. The number of hydrogen-bond acceptors (Lipinski definition) is 5. The molecule has 7 nitrogen and oxygen atoms in total. The van der Waals surface area contributed by atoms with E-state index in [1.807, 2.05) is 0 Å². The third kappa shape index (κ3) is 3.58. The fourth-order valence-electron chi connectivity index (χ4n) is 3.33. The van der Waals surface area contributed by atoms with Crippen LogP contribution in [0.25, 0.3) is 0 Å². The first-order chi connectivity index (χ1) is 13.2. The van der Waals surface area contributed by atoms with Crippen LogP contribution in [0.2, 0.25) is 0 Å². The van der Waals surface area contributed by atoms with E-state index in [4.69, 9.17) is 4.74 Å². The first-order valence-electron chi connectivity index (χ1n) is 8.73. The summed E-state index contributed by atoms with van der Waals surface area (Å²) in [5.41, 5.74) is 1.83. The van der Waals surface area contributed by atoms with Gasteiger partial charge in [-0.05, 0) is 49.1 Å². The Balaban J connectivity index is 1.78. The molecule has 0 aromatic heterocycles. The number of carbonyl (C=O) groups is 2. The fourth-order valence-corrected chi connectivity index (χ4v) is 3.33. The van der Waals surface area contributed by atoms with Gasteiger partial charge in [-0.3, -0.25) is 19.7 Å². The molecule has 1 amide bonds. The predicted octanol–water partition coefficient (Wildman–Crippen LogP) is 4.06. The highest BCUT2D eigenvalue weighted by atomic mass is 19.1. The lowest BCUT2D eigenvalue weighted by atomic mass is 10.0. The number of ketones is 1. The van der Waals surface area contributed by atoms with E-state index in [0.29, 0.717) is 5.56 Å². The Morgan fingerprint density at radius 2 is 2.00 bits per heavy atom. The van der Waals surface area contributed by atoms with Crippen LogP contribution in [0.4, 0.5) is 15.8 Å². The highest BCUT2D eigenvalue weighted by Crippen LogP contribution is 2.39. The van der Waals surface area contributed by atoms with Crippen LogP contribution in [0.15, 0.2) is 24.3 Å². The minimum atomic E-state index is -0.622. The van der Waals surface area contributed by atoms with Crippen molar-refractivity contribution in [1.82, 2.24) is 0 Å². The Labute approximate surface area is 160 Å². The zero-order chi connectivity index (χ0) is 20.6. The van der Waals surface area contributed by atoms with E-state index in [9.17, 15) is 24.1 Å². The summed E-state index contributed by atoms with van der Waals surface area (Å²) >= 11 is 0. The molecule has 0 heterocycles. The lowest BCUT2D eigenvalue weighted by molar-refractivity contribution is -0.384. The molecule has 2 aromatic carbocycles. The molecular formula is C20H19FN2O5. The number of fused-ring (bicyclic) bond motifs is 1. The smallest absolute Gasteiger partial charge is 0.293 e. The van der Waals surface area contributed by atoms with Crippen molar-refractivity contribution in [3.63, 3.8) is 0 Å². The number of hydrogen-bond donors (Lipinski definition) is 1. The number of aryl methyl sites for hydroxylation is 2. The minimum absolute atomic E-state index is 0.0655. The maximum atomic E-state index is 14.0. The van der Waals surface area contributed by atoms with Crippen molar-refractivity contribution in [1.29, 1.82) is 0 Å². The second kappa shape index (κ2) is 7.38. The highest BCUT2D eigenvalue weighted by molar-refractivity contribution is 6.04. The number of benzene rings is 2. The monoisotopic (exact) mass is 386 g/mol. The predicted molar refractivity (Wildman–Crippen MR) is 100 cm³/mol. The third-order valence-electron chi connectivity index (χ3n) is 4.86. The lowest BCUT2D eigenvalue weighted by Gasteiger charge is -2.12. The van der Waals surface area contributed by atoms with Gasteiger partial charge < -0.3 is 10.1 Å². The van der Waals surface area contributed by atoms with Gasteiger partial charge in [0.2, 0.25) is 0 Å². The molecular weight excluding hydrogens is 367 g/mol. The number of rotatable bonds is 5. The van der Waals surface area contributed by atoms with Crippen molar-refractivity contribution in [2.75, 3.05) is 11.9 Å². The van der Waals surface area contributed by atoms with Gasteiger partial charge in [-0.2, -0.15) is 0 Å². The van der Waals surface area contributed by atoms with E-state index >= 15 is 0 Å². The quantitative estimate of drug-likeness (QED) is 0.617. The number of nitrogens with zero attached hydrogens (tertiary/aromatic N) is 1. The SMILES string of the molecule is Cc1cc(NC(=O)COc2ccc(F)c3c2C(=O)C[C@@H]3C)c([N+](=O)[O-])cc1C. The number of nitro groups is 1. The molecule has 1 N–H and O–H groups in total. The largest absolute Gasteiger partial charge is 0.483 e. The van der Waals surface area contributed by atoms with Crippen LogP contribution in [0.3, 0.4) is 0 Å². The van der Waals surface area contributed by atoms with E-state index in [-0.39, 0.29) is 40.8 Å². The number of ether oxygens (including phenoxy) is 1. The average molecular weight is 386 g/mol. The molecule has 0 saturated carbocycles. The van der Waals surface area contributed by atoms with Gasteiger partial charge in [0.15, 0.2) is 12.4 Å². The van der Waals surface area contributed by atoms with Crippen LogP contribution in [0, 0.1) is 29.8 Å². The molecule has 1 atom stereocenters. The number of amides is 1. The molecule has 28 heavy (non-hydrogen) atoms. The Morgan fingerprint density at radius 3 is 2.68 bits per heavy atom. The van der Waals surface area contributed by atoms with Crippen molar-refractivity contribution in [3.05, 3.63) is 62.5 Å². The van der Waals surface area contributed by atoms with Gasteiger partial charge in [-0.1, -0.05) is 6.92 Å². The van der Waals surface area contributed by atoms with Crippen molar-refractivity contribution in [3.8, 4) is 5.75 Å². The summed E-state index contributed by atoms with van der Waals surface area (Å²) in [6, 6.07) is 5.43. The van der Waals surface area contributed by atoms with Crippen LogP contribution < -0.4 is 10.1 Å². The summed E-state index contributed by atoms with van der Waals surface area (Å²) in [6.45, 7) is 4.80. The second-order valence-electron chi connectivity index (χ2n) is 6.91. The molecule has 0 bridgehead atoms. The standard InChI is InChI=1S/C20H19FN2O5/c1-10-6-14(15(23(26)27)7-11(10)2)22-18(25)9-28-17-5-4-13(21)19-12(3)8-16(24)20(17)19/h4-7,12H,8-9H2,1-3H3,(H,22,25)/t12-/m0/s1. The van der Waals surface area contributed by atoms with E-state index in [0.717, 1.165) is 11.1 Å². The summed E-state index contributed by atoms with van der Waals surface area (Å²) < 4.78 is 19.5. The Bertz CT molecular complexity index is 1000. The summed E-state index contributed by atoms with van der Waals surface area (Å²) in [7, 11) is 0. The van der Waals surface area contributed by atoms with Gasteiger partial charge in [0.25, 0.3) is 11.6 Å². The fraction of sp³-hybridized carbons (Fsp3) is 0.300. The van der Waals surface area contributed by atoms with Gasteiger partial charge in [-0.25, -0.2) is 4.39 Å². The third-order valence-corrected chi connectivity index (χ3v) is 4.86. The number of nitrogens with one attached hydrogen (secondary N) is 1. The van der Waals surface area contributed by atoms with Crippen LogP contribution in [0.5, 0.6) is 5.75 Å². The molecule has 0 radical (unpaired) electrons. The van der Waals surface area contributed by atoms with Crippen LogP contribution in [-0.2, 0) is 4.79 Å². The van der Waals surface area contributed by atoms with Crippen molar-refractivity contribution < 1.29 is 23.6 Å². The average Bonchev–Trinajstić information content (AvgIpc) is 2.92. The summed E-state index contributed by atoms with van der Waals surface area (Å²) in [5, 5.41) is 13.7. The molecule has 0 saturated heterocycles. The maximum absolute atomic E-state index is 14.0. The number of Topliss-reactive ketones (excluding diaryl/α,β-unsaturated/α-hetero) is 1. The molecule has 1 aliphatic rings. The number of anilines is 1. The zero-order valence-corrected chi connectivity index (χ0v) is 15.7. The van der Waals surface area contributed by atoms with Crippen molar-refractivity contribution in [2.45, 2.75) is 33.1 Å². The van der Waals surface area contributed by atoms with Crippen LogP contribution in [0.1, 0.15) is 46.3 Å². The molecule has 2 aromatic rings. The molecule has 0 aliphatic heterocycles. The number of nitro benzene ring substituents is 1. The first-order valence-corrected chi connectivity index (χ1v) is 8.73. The molecule has 8 heteroatoms. The van der Waals surface area contributed by atoms with Crippen LogP contribution in [-0.4, -0.2) is 23.2 Å². The Hall–Kier alpha value is -3.29. The van der Waals surface area contributed by atoms with Gasteiger partial charge in [0.1, 0.15) is 17.3 Å². The molecule has 0 unspecified atom stereocenters. The second-order valence-corrected chi connectivity index (χ2v) is 6.91. The van der Waals surface area contributed by atoms with Crippen LogP contribution >= 0.6 is 0 Å². The van der Waals surface area contributed by atoms with Crippen molar-refractivity contribution in [2.24, 2.45) is 0 Å². The molecule has 146 valence electrons. The van der Waals surface area contributed by atoms with Crippen molar-refractivity contribution >= 4 is 23.1 Å². The zero-order valence-electron chi connectivity index (χ0n) is 15.7. The highest BCUT2D eigenvalue weighted by Gasteiger charge is 2.32. The van der Waals surface area contributed by atoms with E-state index in [2.05, 4.69) is 5.32 Å². The normalized spacial score (nSPS) is 15.3. The van der Waals surface area contributed by atoms with Gasteiger partial charge in [0, 0.05) is 18.1 Å². The summed E-state index contributed by atoms with van der Waals surface area (Å²) in [5.74, 6) is -1.45. The number of halogens is 1. The molecule has 3 rings (SSSR count). The van der Waals surface area contributed by atoms with Gasteiger partial charge in [-0.15, -0.1) is 0 Å². The molecule has 0 spiro atoms. The van der Waals surface area contributed by atoms with Gasteiger partial charge in [0.05, 0.1) is 10.5 Å². The first kappa shape index (κ1) is 19.5. The van der Waals surface area contributed by atoms with E-state index in [1.54, 1.807) is 20.8 Å². The molecule has 0 fully saturated rings. The Kier molecular flexibility index (Phi) is 5.13. The summed E-state index contributed by atoms with van der Waals surface area (Å²) in [6.07, 6.45) is 0.188. The molecule has 1 aliphatic carbocycles. The van der Waals surface area contributed by atoms with E-state index in [1.165, 1.54) is 24.3 Å². The topological polar surface area (TPSA) is 98.5 Å². The lowest BCUT2D eigenvalue weighted by Crippen LogP contribution is -2.21. The minimum Gasteiger partial charge on any atom is -0.483 e. The summed E-state index contributed by atoms with van der Waals surface area (Å²) in [4.78, 5) is 35.1. The number of carbonyl (C=O) groups excluding carboxylic acids is 2. The van der Waals surface area contributed by atoms with Gasteiger partial charge >= 0.3 is 0 Å². The van der Waals surface area contributed by atoms with E-state index < -0.39 is 23.3 Å². The Morgan fingerprint density at radius 1 is 1.32 bits per heavy atom.